The SMILES string of the molecule is CCNc1cc(-c2cc(C)cc(-c3cnco3)c2)nn(-c2cc(OCCO)ccc2C(F)(F)F)c1=O. The molecule has 2 N–H and O–H groups in total. The highest BCUT2D eigenvalue weighted by Gasteiger charge is 2.35. The summed E-state index contributed by atoms with van der Waals surface area (Å²) in [4.78, 5) is 17.2. The van der Waals surface area contributed by atoms with E-state index in [4.69, 9.17) is 14.3 Å². The van der Waals surface area contributed by atoms with Gasteiger partial charge in [-0.05, 0) is 55.8 Å². The fourth-order valence-corrected chi connectivity index (χ4v) is 3.73. The van der Waals surface area contributed by atoms with E-state index in [0.29, 0.717) is 23.4 Å². The summed E-state index contributed by atoms with van der Waals surface area (Å²) in [7, 11) is 0. The van der Waals surface area contributed by atoms with Crippen molar-refractivity contribution >= 4 is 5.69 Å². The van der Waals surface area contributed by atoms with E-state index in [2.05, 4.69) is 15.4 Å². The van der Waals surface area contributed by atoms with Crippen LogP contribution in [0.25, 0.3) is 28.3 Å². The number of halogens is 3. The smallest absolute Gasteiger partial charge is 0.418 e. The second-order valence-electron chi connectivity index (χ2n) is 7.89. The monoisotopic (exact) mass is 500 g/mol. The number of hydrogen-bond donors (Lipinski definition) is 2. The van der Waals surface area contributed by atoms with E-state index in [-0.39, 0.29) is 30.3 Å². The molecule has 0 saturated carbocycles. The predicted molar refractivity (Wildman–Crippen MR) is 127 cm³/mol. The Kier molecular flexibility index (Phi) is 7.11. The topological polar surface area (TPSA) is 102 Å². The quantitative estimate of drug-likeness (QED) is 0.362. The number of aryl methyl sites for hydroxylation is 1. The lowest BCUT2D eigenvalue weighted by Gasteiger charge is -2.17. The number of nitrogens with one attached hydrogen (secondary N) is 1. The maximum Gasteiger partial charge on any atom is 0.418 e. The number of nitrogens with zero attached hydrogens (tertiary/aromatic N) is 3. The van der Waals surface area contributed by atoms with Crippen LogP contribution in [-0.2, 0) is 6.18 Å². The third-order valence-corrected chi connectivity index (χ3v) is 5.23. The van der Waals surface area contributed by atoms with Crippen molar-refractivity contribution < 1.29 is 27.4 Å². The van der Waals surface area contributed by atoms with E-state index in [0.717, 1.165) is 28.4 Å². The van der Waals surface area contributed by atoms with Crippen molar-refractivity contribution in [3.05, 3.63) is 76.5 Å². The molecule has 2 aromatic carbocycles. The molecular weight excluding hydrogens is 477 g/mol. The van der Waals surface area contributed by atoms with Gasteiger partial charge < -0.3 is 19.6 Å². The molecule has 0 aliphatic heterocycles. The number of oxazole rings is 1. The number of rotatable bonds is 8. The van der Waals surface area contributed by atoms with E-state index >= 15 is 0 Å². The molecule has 36 heavy (non-hydrogen) atoms. The minimum atomic E-state index is -4.76. The van der Waals surface area contributed by atoms with Gasteiger partial charge >= 0.3 is 6.18 Å². The lowest BCUT2D eigenvalue weighted by atomic mass is 10.0. The normalized spacial score (nSPS) is 11.5. The molecule has 188 valence electrons. The van der Waals surface area contributed by atoms with Crippen molar-refractivity contribution in [2.45, 2.75) is 20.0 Å². The first-order valence-corrected chi connectivity index (χ1v) is 11.1. The molecule has 0 amide bonds. The molecule has 0 spiro atoms. The Balaban J connectivity index is 1.95. The summed E-state index contributed by atoms with van der Waals surface area (Å²) in [6.07, 6.45) is -1.92. The van der Waals surface area contributed by atoms with Crippen molar-refractivity contribution in [3.63, 3.8) is 0 Å². The van der Waals surface area contributed by atoms with Crippen LogP contribution in [0.2, 0.25) is 0 Å². The number of aromatic nitrogens is 3. The highest BCUT2D eigenvalue weighted by Crippen LogP contribution is 2.36. The van der Waals surface area contributed by atoms with Crippen LogP contribution >= 0.6 is 0 Å². The zero-order valence-corrected chi connectivity index (χ0v) is 19.5. The summed E-state index contributed by atoms with van der Waals surface area (Å²) in [5.41, 5.74) is 0.155. The average Bonchev–Trinajstić information content (AvgIpc) is 3.38. The molecule has 0 aliphatic rings. The summed E-state index contributed by atoms with van der Waals surface area (Å²) >= 11 is 0. The Morgan fingerprint density at radius 1 is 1.14 bits per heavy atom. The Hall–Kier alpha value is -4.12. The molecular formula is C25H23F3N4O4. The van der Waals surface area contributed by atoms with Gasteiger partial charge in [0.25, 0.3) is 5.56 Å². The van der Waals surface area contributed by atoms with Crippen LogP contribution in [0.3, 0.4) is 0 Å². The summed E-state index contributed by atoms with van der Waals surface area (Å²) < 4.78 is 53.2. The lowest BCUT2D eigenvalue weighted by molar-refractivity contribution is -0.137. The first-order chi connectivity index (χ1) is 17.2. The summed E-state index contributed by atoms with van der Waals surface area (Å²) in [6.45, 7) is 3.54. The summed E-state index contributed by atoms with van der Waals surface area (Å²) in [6, 6.07) is 9.97. The number of aliphatic hydroxyl groups is 1. The number of hydrogen-bond acceptors (Lipinski definition) is 7. The molecule has 11 heteroatoms. The maximum absolute atomic E-state index is 13.9. The fourth-order valence-electron chi connectivity index (χ4n) is 3.73. The predicted octanol–water partition coefficient (Wildman–Crippen LogP) is 4.68. The summed E-state index contributed by atoms with van der Waals surface area (Å²) in [5, 5.41) is 16.3. The van der Waals surface area contributed by atoms with Gasteiger partial charge in [0, 0.05) is 23.7 Å². The van der Waals surface area contributed by atoms with Gasteiger partial charge in [-0.15, -0.1) is 0 Å². The van der Waals surface area contributed by atoms with Crippen LogP contribution < -0.4 is 15.6 Å². The Bertz CT molecular complexity index is 1420. The van der Waals surface area contributed by atoms with E-state index in [9.17, 15) is 18.0 Å². The van der Waals surface area contributed by atoms with E-state index in [1.165, 1.54) is 12.5 Å². The van der Waals surface area contributed by atoms with Crippen molar-refractivity contribution in [3.8, 4) is 34.0 Å². The number of alkyl halides is 3. The van der Waals surface area contributed by atoms with Gasteiger partial charge in [0.05, 0.1) is 29.7 Å². The van der Waals surface area contributed by atoms with E-state index in [1.807, 2.05) is 13.0 Å². The van der Waals surface area contributed by atoms with Gasteiger partial charge in [0.1, 0.15) is 18.0 Å². The molecule has 4 rings (SSSR count). The summed E-state index contributed by atoms with van der Waals surface area (Å²) in [5.74, 6) is 0.563. The number of aliphatic hydroxyl groups excluding tert-OH is 1. The van der Waals surface area contributed by atoms with Gasteiger partial charge in [-0.1, -0.05) is 0 Å². The zero-order chi connectivity index (χ0) is 25.9. The highest BCUT2D eigenvalue weighted by atomic mass is 19.4. The van der Waals surface area contributed by atoms with Crippen molar-refractivity contribution in [2.75, 3.05) is 25.1 Å². The molecule has 0 aliphatic carbocycles. The van der Waals surface area contributed by atoms with Crippen molar-refractivity contribution in [1.82, 2.24) is 14.8 Å². The Labute approximate surface area is 204 Å². The first kappa shape index (κ1) is 25.0. The standard InChI is InChI=1S/C25H23F3N4O4/c1-3-30-21-12-20(16-8-15(2)9-17(10-16)23-13-29-14-36-23)31-32(24(21)34)22-11-18(35-7-6-33)4-5-19(22)25(26,27)28/h4-5,8-14,30,33H,3,6-7H2,1-2H3. The fraction of sp³-hybridized carbons (Fsp3) is 0.240. The number of benzene rings is 2. The van der Waals surface area contributed by atoms with Crippen LogP contribution in [0.5, 0.6) is 5.75 Å². The molecule has 0 saturated heterocycles. The third kappa shape index (κ3) is 5.25. The van der Waals surface area contributed by atoms with Gasteiger partial charge in [0.2, 0.25) is 0 Å². The van der Waals surface area contributed by atoms with Gasteiger partial charge in [-0.25, -0.2) is 4.98 Å². The van der Waals surface area contributed by atoms with Crippen LogP contribution in [-0.4, -0.2) is 39.6 Å². The Morgan fingerprint density at radius 2 is 1.92 bits per heavy atom. The second kappa shape index (κ2) is 10.2. The largest absolute Gasteiger partial charge is 0.491 e. The molecule has 0 unspecified atom stereocenters. The number of ether oxygens (including phenoxy) is 1. The number of anilines is 1. The molecule has 2 heterocycles. The van der Waals surface area contributed by atoms with E-state index in [1.54, 1.807) is 25.3 Å². The van der Waals surface area contributed by atoms with Gasteiger partial charge in [-0.3, -0.25) is 4.79 Å². The minimum absolute atomic E-state index is 0.0549. The van der Waals surface area contributed by atoms with Crippen molar-refractivity contribution in [2.24, 2.45) is 0 Å². The molecule has 0 fully saturated rings. The van der Waals surface area contributed by atoms with Crippen LogP contribution in [0.4, 0.5) is 18.9 Å². The van der Waals surface area contributed by atoms with Crippen LogP contribution in [0.15, 0.2) is 64.3 Å². The minimum Gasteiger partial charge on any atom is -0.491 e. The molecule has 0 atom stereocenters. The molecule has 4 aromatic rings. The van der Waals surface area contributed by atoms with Gasteiger partial charge in [-0.2, -0.15) is 23.0 Å². The maximum atomic E-state index is 13.9. The molecule has 8 nitrogen and oxygen atoms in total. The van der Waals surface area contributed by atoms with Gasteiger partial charge in [0.15, 0.2) is 12.2 Å². The van der Waals surface area contributed by atoms with Crippen LogP contribution in [0, 0.1) is 6.92 Å². The van der Waals surface area contributed by atoms with E-state index < -0.39 is 23.0 Å². The molecule has 0 radical (unpaired) electrons. The second-order valence-corrected chi connectivity index (χ2v) is 7.89. The molecule has 0 bridgehead atoms. The highest BCUT2D eigenvalue weighted by molar-refractivity contribution is 5.71. The average molecular weight is 500 g/mol. The lowest BCUT2D eigenvalue weighted by Crippen LogP contribution is -2.27. The molecule has 2 aromatic heterocycles. The zero-order valence-electron chi connectivity index (χ0n) is 19.5. The first-order valence-electron chi connectivity index (χ1n) is 11.1. The Morgan fingerprint density at radius 3 is 2.58 bits per heavy atom. The third-order valence-electron chi connectivity index (χ3n) is 5.23. The van der Waals surface area contributed by atoms with Crippen molar-refractivity contribution in [1.29, 1.82) is 0 Å². The van der Waals surface area contributed by atoms with Crippen LogP contribution in [0.1, 0.15) is 18.1 Å².